The molecule has 0 unspecified atom stereocenters. The molecule has 4 heteroatoms. The second-order valence-electron chi connectivity index (χ2n) is 8.62. The van der Waals surface area contributed by atoms with E-state index < -0.39 is 17.8 Å². The van der Waals surface area contributed by atoms with Gasteiger partial charge in [-0.05, 0) is 48.6 Å². The average molecular weight is 419 g/mol. The first-order valence-electron chi connectivity index (χ1n) is 11.0. The number of carbonyl (C=O) groups excluding carboxylic acids is 1. The Balaban J connectivity index is 1.81. The van der Waals surface area contributed by atoms with Gasteiger partial charge in [-0.2, -0.15) is 0 Å². The van der Waals surface area contributed by atoms with Gasteiger partial charge in [0.15, 0.2) is 5.12 Å². The molecule has 0 aromatic heterocycles. The molecular formula is C25H32F2OS. The molecule has 2 aliphatic rings. The minimum Gasteiger partial charge on any atom is -0.286 e. The number of allylic oxidation sites excluding steroid dienone is 4. The van der Waals surface area contributed by atoms with Crippen LogP contribution in [0.15, 0.2) is 48.6 Å². The van der Waals surface area contributed by atoms with Crippen LogP contribution in [0.1, 0.15) is 75.3 Å². The Morgan fingerprint density at radius 1 is 1.10 bits per heavy atom. The molecular weight excluding hydrogens is 386 g/mol. The van der Waals surface area contributed by atoms with Gasteiger partial charge in [0, 0.05) is 0 Å². The highest BCUT2D eigenvalue weighted by Crippen LogP contribution is 2.45. The molecule has 0 heterocycles. The molecule has 0 radical (unpaired) electrons. The Hall–Kier alpha value is -1.42. The number of hydrogen-bond acceptors (Lipinski definition) is 1. The fourth-order valence-electron chi connectivity index (χ4n) is 4.95. The van der Waals surface area contributed by atoms with E-state index in [1.165, 1.54) is 50.7 Å². The smallest absolute Gasteiger partial charge is 0.255 e. The summed E-state index contributed by atoms with van der Waals surface area (Å²) in [6.45, 7) is 2.23. The van der Waals surface area contributed by atoms with Gasteiger partial charge in [0.1, 0.15) is 0 Å². The van der Waals surface area contributed by atoms with Crippen molar-refractivity contribution in [3.8, 4) is 0 Å². The quantitative estimate of drug-likeness (QED) is 0.267. The summed E-state index contributed by atoms with van der Waals surface area (Å²) in [5, 5.41) is -0.324. The van der Waals surface area contributed by atoms with Crippen molar-refractivity contribution in [3.63, 3.8) is 0 Å². The molecule has 2 aliphatic carbocycles. The Kier molecular flexibility index (Phi) is 7.72. The molecule has 0 atom stereocenters. The minimum absolute atomic E-state index is 0.324. The molecule has 3 rings (SSSR count). The largest absolute Gasteiger partial charge is 0.286 e. The van der Waals surface area contributed by atoms with Crippen molar-refractivity contribution in [2.75, 3.05) is 0 Å². The molecule has 0 amide bonds. The van der Waals surface area contributed by atoms with Crippen LogP contribution in [0.2, 0.25) is 0 Å². The van der Waals surface area contributed by atoms with Gasteiger partial charge in [-0.1, -0.05) is 81.2 Å². The SMILES string of the molecule is CCCCC[C@H]1CC[C@H](c2ccccc2C2(C(F)F)C=CC(C(=O)S)C=C2)CC1. The van der Waals surface area contributed by atoms with Gasteiger partial charge in [0.25, 0.3) is 6.43 Å². The first-order valence-corrected chi connectivity index (χ1v) is 11.4. The van der Waals surface area contributed by atoms with Crippen LogP contribution in [0.3, 0.4) is 0 Å². The predicted octanol–water partition coefficient (Wildman–Crippen LogP) is 7.24. The lowest BCUT2D eigenvalue weighted by Gasteiger charge is -2.36. The standard InChI is InChI=1S/C25H32F2OS/c1-2-3-4-7-18-10-12-19(13-11-18)21-8-5-6-9-22(21)25(24(26)27)16-14-20(15-17-25)23(28)29/h5-6,8-9,14-20,24H,2-4,7,10-13H2,1H3,(H,28,29)/t18-,19-,20?,25?. The van der Waals surface area contributed by atoms with Crippen LogP contribution in [-0.2, 0) is 10.2 Å². The third-order valence-electron chi connectivity index (χ3n) is 6.73. The summed E-state index contributed by atoms with van der Waals surface area (Å²) in [4.78, 5) is 11.5. The second kappa shape index (κ2) is 10.1. The van der Waals surface area contributed by atoms with Gasteiger partial charge >= 0.3 is 0 Å². The molecule has 1 aromatic carbocycles. The Morgan fingerprint density at radius 2 is 1.76 bits per heavy atom. The van der Waals surface area contributed by atoms with Crippen LogP contribution < -0.4 is 0 Å². The van der Waals surface area contributed by atoms with E-state index >= 15 is 0 Å². The highest BCUT2D eigenvalue weighted by Gasteiger charge is 2.41. The van der Waals surface area contributed by atoms with E-state index in [2.05, 4.69) is 19.6 Å². The summed E-state index contributed by atoms with van der Waals surface area (Å²) < 4.78 is 28.7. The number of halogens is 2. The predicted molar refractivity (Wildman–Crippen MR) is 119 cm³/mol. The van der Waals surface area contributed by atoms with E-state index in [4.69, 9.17) is 0 Å². The zero-order valence-corrected chi connectivity index (χ0v) is 18.1. The van der Waals surface area contributed by atoms with Crippen LogP contribution in [0.25, 0.3) is 0 Å². The van der Waals surface area contributed by atoms with Gasteiger partial charge in [-0.3, -0.25) is 4.79 Å². The molecule has 1 aromatic rings. The topological polar surface area (TPSA) is 17.1 Å². The van der Waals surface area contributed by atoms with E-state index in [1.807, 2.05) is 24.3 Å². The lowest BCUT2D eigenvalue weighted by Crippen LogP contribution is -2.34. The van der Waals surface area contributed by atoms with Gasteiger partial charge in [0.2, 0.25) is 0 Å². The Labute approximate surface area is 179 Å². The van der Waals surface area contributed by atoms with Crippen molar-refractivity contribution >= 4 is 17.7 Å². The summed E-state index contributed by atoms with van der Waals surface area (Å²) >= 11 is 3.85. The van der Waals surface area contributed by atoms with Crippen LogP contribution >= 0.6 is 12.6 Å². The first kappa shape index (κ1) is 22.3. The summed E-state index contributed by atoms with van der Waals surface area (Å²) in [5.41, 5.74) is 0.264. The molecule has 1 nitrogen and oxygen atoms in total. The van der Waals surface area contributed by atoms with Crippen LogP contribution in [0, 0.1) is 11.8 Å². The maximum Gasteiger partial charge on any atom is 0.255 e. The van der Waals surface area contributed by atoms with Crippen molar-refractivity contribution in [2.24, 2.45) is 11.8 Å². The number of rotatable bonds is 8. The highest BCUT2D eigenvalue weighted by molar-refractivity contribution is 7.96. The fourth-order valence-corrected chi connectivity index (χ4v) is 5.12. The maximum absolute atomic E-state index is 14.4. The second-order valence-corrected chi connectivity index (χ2v) is 9.06. The van der Waals surface area contributed by atoms with Gasteiger partial charge < -0.3 is 0 Å². The van der Waals surface area contributed by atoms with Crippen LogP contribution in [-0.4, -0.2) is 11.5 Å². The molecule has 0 aliphatic heterocycles. The number of alkyl halides is 2. The van der Waals surface area contributed by atoms with Gasteiger partial charge in [-0.15, -0.1) is 12.6 Å². The van der Waals surface area contributed by atoms with Crippen molar-refractivity contribution in [2.45, 2.75) is 76.0 Å². The zero-order valence-electron chi connectivity index (χ0n) is 17.2. The molecule has 0 bridgehead atoms. The molecule has 0 spiro atoms. The summed E-state index contributed by atoms with van der Waals surface area (Å²) in [6.07, 6.45) is 13.3. The van der Waals surface area contributed by atoms with Crippen molar-refractivity contribution in [3.05, 3.63) is 59.7 Å². The average Bonchev–Trinajstić information content (AvgIpc) is 2.74. The molecule has 158 valence electrons. The van der Waals surface area contributed by atoms with Crippen LogP contribution in [0.5, 0.6) is 0 Å². The van der Waals surface area contributed by atoms with Crippen molar-refractivity contribution in [1.29, 1.82) is 0 Å². The van der Waals surface area contributed by atoms with Gasteiger partial charge in [0.05, 0.1) is 11.3 Å². The van der Waals surface area contributed by atoms with Gasteiger partial charge in [-0.25, -0.2) is 8.78 Å². The zero-order chi connectivity index (χ0) is 20.9. The van der Waals surface area contributed by atoms with E-state index in [9.17, 15) is 13.6 Å². The first-order chi connectivity index (χ1) is 14.0. The summed E-state index contributed by atoms with van der Waals surface area (Å²) in [5.74, 6) is 0.580. The summed E-state index contributed by atoms with van der Waals surface area (Å²) in [6, 6.07) is 7.67. The number of benzene rings is 1. The number of hydrogen-bond donors (Lipinski definition) is 1. The lowest BCUT2D eigenvalue weighted by molar-refractivity contribution is -0.112. The van der Waals surface area contributed by atoms with E-state index in [-0.39, 0.29) is 5.12 Å². The maximum atomic E-state index is 14.4. The number of carbonyl (C=O) groups is 1. The number of thiol groups is 1. The minimum atomic E-state index is -2.57. The molecule has 0 N–H and O–H groups in total. The van der Waals surface area contributed by atoms with Crippen molar-refractivity contribution < 1.29 is 13.6 Å². The van der Waals surface area contributed by atoms with Crippen LogP contribution in [0.4, 0.5) is 8.78 Å². The van der Waals surface area contributed by atoms with E-state index in [1.54, 1.807) is 12.2 Å². The molecule has 0 saturated heterocycles. The summed E-state index contributed by atoms with van der Waals surface area (Å²) in [7, 11) is 0. The molecule has 1 fully saturated rings. The van der Waals surface area contributed by atoms with E-state index in [0.29, 0.717) is 11.5 Å². The fraction of sp³-hybridized carbons (Fsp3) is 0.560. The Bertz CT molecular complexity index is 733. The molecule has 1 saturated carbocycles. The Morgan fingerprint density at radius 3 is 2.34 bits per heavy atom. The van der Waals surface area contributed by atoms with Crippen molar-refractivity contribution in [1.82, 2.24) is 0 Å². The third kappa shape index (κ3) is 5.02. The lowest BCUT2D eigenvalue weighted by atomic mass is 9.69. The number of unbranched alkanes of at least 4 members (excludes halogenated alkanes) is 2. The van der Waals surface area contributed by atoms with E-state index in [0.717, 1.165) is 24.3 Å². The highest BCUT2D eigenvalue weighted by atomic mass is 32.1. The molecule has 29 heavy (non-hydrogen) atoms. The normalized spacial score (nSPS) is 29.3. The monoisotopic (exact) mass is 418 g/mol. The third-order valence-corrected chi connectivity index (χ3v) is 7.03.